The van der Waals surface area contributed by atoms with E-state index in [2.05, 4.69) is 17.0 Å². The van der Waals surface area contributed by atoms with E-state index in [1.165, 1.54) is 24.3 Å². The molecular formula is C31H26FN3O4. The lowest BCUT2D eigenvalue weighted by Gasteiger charge is -2.37. The number of aromatic carboxylic acids is 1. The highest BCUT2D eigenvalue weighted by Gasteiger charge is 2.24. The van der Waals surface area contributed by atoms with Crippen molar-refractivity contribution in [2.24, 2.45) is 0 Å². The van der Waals surface area contributed by atoms with Crippen LogP contribution in [-0.4, -0.2) is 42.2 Å². The van der Waals surface area contributed by atoms with Crippen molar-refractivity contribution in [2.45, 2.75) is 0 Å². The van der Waals surface area contributed by atoms with Gasteiger partial charge in [0.15, 0.2) is 0 Å². The molecule has 0 saturated carbocycles. The zero-order valence-electron chi connectivity index (χ0n) is 21.0. The first-order valence-electron chi connectivity index (χ1n) is 12.5. The molecule has 1 saturated heterocycles. The van der Waals surface area contributed by atoms with E-state index in [4.69, 9.17) is 0 Å². The molecular weight excluding hydrogens is 497 g/mol. The SMILES string of the molecule is O=C(O)c1ccc(-c2ccc(F)cc2)cc1/C=C/c1ccc(N2CCN(c3ccccc3)CC2)c([N+](=O)[O-])c1. The minimum Gasteiger partial charge on any atom is -0.478 e. The van der Waals surface area contributed by atoms with E-state index in [0.717, 1.165) is 29.9 Å². The average molecular weight is 524 g/mol. The van der Waals surface area contributed by atoms with E-state index >= 15 is 0 Å². The van der Waals surface area contributed by atoms with Crippen LogP contribution in [0, 0.1) is 15.9 Å². The normalized spacial score (nSPS) is 13.6. The van der Waals surface area contributed by atoms with Crippen molar-refractivity contribution in [3.63, 3.8) is 0 Å². The Morgan fingerprint density at radius 3 is 2.15 bits per heavy atom. The summed E-state index contributed by atoms with van der Waals surface area (Å²) in [5.41, 5.74) is 4.30. The van der Waals surface area contributed by atoms with Crippen LogP contribution in [0.1, 0.15) is 21.5 Å². The molecule has 0 radical (unpaired) electrons. The summed E-state index contributed by atoms with van der Waals surface area (Å²) in [6.45, 7) is 2.82. The summed E-state index contributed by atoms with van der Waals surface area (Å²) in [4.78, 5) is 27.7. The molecule has 196 valence electrons. The molecule has 1 aliphatic heterocycles. The Hall–Kier alpha value is -4.98. The molecule has 0 unspecified atom stereocenters. The number of nitro benzene ring substituents is 1. The average Bonchev–Trinajstić information content (AvgIpc) is 2.96. The van der Waals surface area contributed by atoms with E-state index in [9.17, 15) is 24.4 Å². The van der Waals surface area contributed by atoms with E-state index in [1.54, 1.807) is 48.6 Å². The van der Waals surface area contributed by atoms with Gasteiger partial charge in [0.2, 0.25) is 0 Å². The molecule has 4 aromatic carbocycles. The Labute approximate surface area is 225 Å². The summed E-state index contributed by atoms with van der Waals surface area (Å²) >= 11 is 0. The Morgan fingerprint density at radius 2 is 1.49 bits per heavy atom. The van der Waals surface area contributed by atoms with Gasteiger partial charge in [0.05, 0.1) is 10.5 Å². The number of anilines is 2. The highest BCUT2D eigenvalue weighted by atomic mass is 19.1. The molecule has 39 heavy (non-hydrogen) atoms. The summed E-state index contributed by atoms with van der Waals surface area (Å²) in [6, 6.07) is 26.0. The van der Waals surface area contributed by atoms with E-state index in [-0.39, 0.29) is 22.0 Å². The van der Waals surface area contributed by atoms with Gasteiger partial charge in [-0.2, -0.15) is 0 Å². The Balaban J connectivity index is 1.39. The Kier molecular flexibility index (Phi) is 7.36. The lowest BCUT2D eigenvalue weighted by molar-refractivity contribution is -0.384. The van der Waals surface area contributed by atoms with Gasteiger partial charge in [-0.3, -0.25) is 10.1 Å². The lowest BCUT2D eigenvalue weighted by atomic mass is 9.98. The fraction of sp³-hybridized carbons (Fsp3) is 0.129. The summed E-state index contributed by atoms with van der Waals surface area (Å²) in [5, 5.41) is 21.7. The van der Waals surface area contributed by atoms with E-state index in [0.29, 0.717) is 29.9 Å². The van der Waals surface area contributed by atoms with Crippen molar-refractivity contribution < 1.29 is 19.2 Å². The number of carboxylic acid groups (broad SMARTS) is 1. The smallest absolute Gasteiger partial charge is 0.336 e. The van der Waals surface area contributed by atoms with Gasteiger partial charge in [0.1, 0.15) is 11.5 Å². The van der Waals surface area contributed by atoms with Gasteiger partial charge in [0.25, 0.3) is 5.69 Å². The number of nitro groups is 1. The van der Waals surface area contributed by atoms with Crippen molar-refractivity contribution in [1.29, 1.82) is 0 Å². The largest absolute Gasteiger partial charge is 0.478 e. The van der Waals surface area contributed by atoms with Crippen molar-refractivity contribution in [1.82, 2.24) is 0 Å². The standard InChI is InChI=1S/C31H26FN3O4/c32-26-12-9-23(10-13-26)24-11-14-28(31(36)37)25(21-24)8-6-22-7-15-29(30(20-22)35(38)39)34-18-16-33(17-19-34)27-4-2-1-3-5-27/h1-15,20-21H,16-19H2,(H,36,37)/b8-6+. The number of nitrogens with zero attached hydrogens (tertiary/aromatic N) is 3. The lowest BCUT2D eigenvalue weighted by Crippen LogP contribution is -2.46. The predicted octanol–water partition coefficient (Wildman–Crippen LogP) is 6.60. The zero-order chi connectivity index (χ0) is 27.4. The first kappa shape index (κ1) is 25.7. The molecule has 7 nitrogen and oxygen atoms in total. The monoisotopic (exact) mass is 523 g/mol. The minimum atomic E-state index is -1.09. The summed E-state index contributed by atoms with van der Waals surface area (Å²) in [7, 11) is 0. The third-order valence-corrected chi connectivity index (χ3v) is 6.85. The van der Waals surface area contributed by atoms with Gasteiger partial charge in [-0.25, -0.2) is 9.18 Å². The minimum absolute atomic E-state index is 0.00355. The van der Waals surface area contributed by atoms with Crippen LogP contribution < -0.4 is 9.80 Å². The Morgan fingerprint density at radius 1 is 0.821 bits per heavy atom. The molecule has 1 N–H and O–H groups in total. The fourth-order valence-corrected chi connectivity index (χ4v) is 4.81. The van der Waals surface area contributed by atoms with Crippen LogP contribution >= 0.6 is 0 Å². The number of halogens is 1. The van der Waals surface area contributed by atoms with Gasteiger partial charge >= 0.3 is 5.97 Å². The number of carbonyl (C=O) groups is 1. The molecule has 0 atom stereocenters. The van der Waals surface area contributed by atoms with Gasteiger partial charge in [-0.05, 0) is 64.7 Å². The van der Waals surface area contributed by atoms with Gasteiger partial charge in [0, 0.05) is 37.9 Å². The molecule has 0 aliphatic carbocycles. The van der Waals surface area contributed by atoms with Crippen LogP contribution in [0.15, 0.2) is 91.0 Å². The third kappa shape index (κ3) is 5.80. The summed E-state index contributed by atoms with van der Waals surface area (Å²) in [6.07, 6.45) is 3.30. The van der Waals surface area contributed by atoms with Gasteiger partial charge in [-0.1, -0.05) is 54.6 Å². The van der Waals surface area contributed by atoms with Crippen LogP contribution in [0.3, 0.4) is 0 Å². The fourth-order valence-electron chi connectivity index (χ4n) is 4.81. The van der Waals surface area contributed by atoms with Crippen LogP contribution in [0.2, 0.25) is 0 Å². The first-order valence-corrected chi connectivity index (χ1v) is 12.5. The van der Waals surface area contributed by atoms with Gasteiger partial charge in [-0.15, -0.1) is 0 Å². The van der Waals surface area contributed by atoms with Crippen LogP contribution in [0.4, 0.5) is 21.5 Å². The maximum Gasteiger partial charge on any atom is 0.336 e. The van der Waals surface area contributed by atoms with Crippen molar-refractivity contribution >= 4 is 35.2 Å². The summed E-state index contributed by atoms with van der Waals surface area (Å²) < 4.78 is 13.3. The highest BCUT2D eigenvalue weighted by Crippen LogP contribution is 2.32. The van der Waals surface area contributed by atoms with Crippen molar-refractivity contribution in [2.75, 3.05) is 36.0 Å². The van der Waals surface area contributed by atoms with E-state index in [1.807, 2.05) is 23.1 Å². The number of hydrogen-bond donors (Lipinski definition) is 1. The highest BCUT2D eigenvalue weighted by molar-refractivity contribution is 5.94. The van der Waals surface area contributed by atoms with Crippen LogP contribution in [-0.2, 0) is 0 Å². The first-order chi connectivity index (χ1) is 18.9. The second kappa shape index (κ2) is 11.2. The number of benzene rings is 4. The van der Waals surface area contributed by atoms with Crippen LogP contribution in [0.25, 0.3) is 23.3 Å². The molecule has 0 bridgehead atoms. The number of para-hydroxylation sites is 1. The molecule has 1 aliphatic rings. The molecule has 1 heterocycles. The molecule has 0 aromatic heterocycles. The summed E-state index contributed by atoms with van der Waals surface area (Å²) in [5.74, 6) is -1.44. The van der Waals surface area contributed by atoms with E-state index < -0.39 is 5.97 Å². The zero-order valence-corrected chi connectivity index (χ0v) is 21.0. The number of carboxylic acids is 1. The van der Waals surface area contributed by atoms with Gasteiger partial charge < -0.3 is 14.9 Å². The maximum atomic E-state index is 13.3. The molecule has 5 rings (SSSR count). The number of piperazine rings is 1. The predicted molar refractivity (Wildman–Crippen MR) is 152 cm³/mol. The number of rotatable bonds is 7. The maximum absolute atomic E-state index is 13.3. The number of hydrogen-bond acceptors (Lipinski definition) is 5. The molecule has 0 amide bonds. The second-order valence-electron chi connectivity index (χ2n) is 9.26. The third-order valence-electron chi connectivity index (χ3n) is 6.85. The van der Waals surface area contributed by atoms with Crippen molar-refractivity contribution in [3.8, 4) is 11.1 Å². The molecule has 1 fully saturated rings. The molecule has 4 aromatic rings. The molecule has 0 spiro atoms. The quantitative estimate of drug-likeness (QED) is 0.167. The second-order valence-corrected chi connectivity index (χ2v) is 9.26. The van der Waals surface area contributed by atoms with Crippen LogP contribution in [0.5, 0.6) is 0 Å². The topological polar surface area (TPSA) is 86.9 Å². The Bertz CT molecular complexity index is 1530. The molecule has 8 heteroatoms. The van der Waals surface area contributed by atoms with Crippen molar-refractivity contribution in [3.05, 3.63) is 124 Å².